The highest BCUT2D eigenvalue weighted by atomic mass is 16.3. The third kappa shape index (κ3) is 4.00. The van der Waals surface area contributed by atoms with Crippen molar-refractivity contribution >= 4 is 114 Å². The Labute approximate surface area is 346 Å². The minimum Gasteiger partial charge on any atom is -0.456 e. The maximum absolute atomic E-state index is 6.71. The van der Waals surface area contributed by atoms with Gasteiger partial charge >= 0.3 is 0 Å². The van der Waals surface area contributed by atoms with Gasteiger partial charge in [0.2, 0.25) is 0 Å². The van der Waals surface area contributed by atoms with E-state index >= 15 is 0 Å². The minimum absolute atomic E-state index is 0.791. The van der Waals surface area contributed by atoms with Gasteiger partial charge in [0.05, 0.1) is 44.0 Å². The summed E-state index contributed by atoms with van der Waals surface area (Å²) in [5.74, 6) is 0.791. The van der Waals surface area contributed by atoms with Crippen molar-refractivity contribution in [2.75, 3.05) is 0 Å². The topological polar surface area (TPSA) is 48.3 Å². The van der Waals surface area contributed by atoms with E-state index in [4.69, 9.17) is 14.4 Å². The van der Waals surface area contributed by atoms with E-state index in [9.17, 15) is 0 Å². The minimum atomic E-state index is 0.791. The Balaban J connectivity index is 1.10. The van der Waals surface area contributed by atoms with Crippen LogP contribution < -0.4 is 0 Å². The molecule has 0 fully saturated rings. The third-order valence-electron chi connectivity index (χ3n) is 13.4. The maximum Gasteiger partial charge on any atom is 0.165 e. The first kappa shape index (κ1) is 31.7. The first-order chi connectivity index (χ1) is 30.3. The molecule has 0 N–H and O–H groups in total. The van der Waals surface area contributed by atoms with Crippen molar-refractivity contribution in [1.29, 1.82) is 0 Å². The van der Waals surface area contributed by atoms with Crippen LogP contribution in [0.4, 0.5) is 0 Å². The average Bonchev–Trinajstić information content (AvgIpc) is 3.95. The van der Waals surface area contributed by atoms with Crippen LogP contribution in [0.1, 0.15) is 0 Å². The van der Waals surface area contributed by atoms with Crippen LogP contribution in [0.2, 0.25) is 0 Å². The van der Waals surface area contributed by atoms with E-state index < -0.39 is 0 Å². The molecule has 0 saturated heterocycles. The van der Waals surface area contributed by atoms with E-state index in [0.717, 1.165) is 82.9 Å². The predicted molar refractivity (Wildman–Crippen MR) is 253 cm³/mol. The molecule has 0 aliphatic rings. The summed E-state index contributed by atoms with van der Waals surface area (Å²) in [4.78, 5) is 11.5. The third-order valence-corrected chi connectivity index (χ3v) is 13.4. The van der Waals surface area contributed by atoms with Crippen molar-refractivity contribution in [3.63, 3.8) is 0 Å². The van der Waals surface area contributed by atoms with Crippen molar-refractivity contribution in [1.82, 2.24) is 18.9 Å². The van der Waals surface area contributed by atoms with Crippen LogP contribution >= 0.6 is 0 Å². The number of aromatic nitrogens is 4. The van der Waals surface area contributed by atoms with Gasteiger partial charge in [-0.3, -0.25) is 4.57 Å². The van der Waals surface area contributed by atoms with Gasteiger partial charge in [0.1, 0.15) is 16.9 Å². The van der Waals surface area contributed by atoms with Crippen molar-refractivity contribution in [3.8, 4) is 28.2 Å². The highest BCUT2D eigenvalue weighted by Gasteiger charge is 2.28. The smallest absolute Gasteiger partial charge is 0.165 e. The van der Waals surface area contributed by atoms with Gasteiger partial charge in [-0.2, -0.15) is 0 Å². The average molecular weight is 775 g/mol. The second-order valence-electron chi connectivity index (χ2n) is 16.5. The van der Waals surface area contributed by atoms with Crippen molar-refractivity contribution in [3.05, 3.63) is 182 Å². The van der Waals surface area contributed by atoms with Gasteiger partial charge < -0.3 is 8.82 Å². The Morgan fingerprint density at radius 1 is 0.361 bits per heavy atom. The van der Waals surface area contributed by atoms with E-state index in [-0.39, 0.29) is 0 Å². The number of nitrogens with zero attached hydrogens (tertiary/aromatic N) is 4. The highest BCUT2D eigenvalue weighted by Crippen LogP contribution is 2.49. The number of hydrogen-bond acceptors (Lipinski definition) is 3. The first-order valence-electron chi connectivity index (χ1n) is 20.8. The molecule has 0 saturated carbocycles. The quantitative estimate of drug-likeness (QED) is 0.168. The fourth-order valence-corrected chi connectivity index (χ4v) is 10.8. The summed E-state index contributed by atoms with van der Waals surface area (Å²) in [5.41, 5.74) is 13.4. The molecule has 280 valence electrons. The molecule has 0 amide bonds. The zero-order chi connectivity index (χ0) is 39.5. The van der Waals surface area contributed by atoms with Crippen LogP contribution in [-0.4, -0.2) is 18.9 Å². The normalized spacial score (nSPS) is 12.6. The number of hydrogen-bond donors (Lipinski definition) is 0. The zero-order valence-electron chi connectivity index (χ0n) is 32.5. The SMILES string of the molecule is c1ccc2cc(-c3ccc(-c4nc5c6ccccc6c6ccccc6c5nc4-n4c5ccc6oc7ccc8c9ccccc9n9c%10cccc4c%10c5c6c7c89)cc3)ccc2c1. The highest BCUT2D eigenvalue weighted by molar-refractivity contribution is 6.37. The molecule has 61 heavy (non-hydrogen) atoms. The predicted octanol–water partition coefficient (Wildman–Crippen LogP) is 14.9. The molecule has 15 rings (SSSR count). The summed E-state index contributed by atoms with van der Waals surface area (Å²) in [6.07, 6.45) is 0. The molecule has 0 aliphatic heterocycles. The van der Waals surface area contributed by atoms with Gasteiger partial charge in [0, 0.05) is 43.3 Å². The first-order valence-corrected chi connectivity index (χ1v) is 20.8. The van der Waals surface area contributed by atoms with Gasteiger partial charge in [-0.25, -0.2) is 9.97 Å². The summed E-state index contributed by atoms with van der Waals surface area (Å²) in [7, 11) is 0. The second kappa shape index (κ2) is 11.3. The van der Waals surface area contributed by atoms with E-state index in [1.165, 1.54) is 59.7 Å². The lowest BCUT2D eigenvalue weighted by atomic mass is 9.98. The van der Waals surface area contributed by atoms with E-state index in [2.05, 4.69) is 191 Å². The van der Waals surface area contributed by atoms with Crippen molar-refractivity contribution in [2.45, 2.75) is 0 Å². The molecule has 0 unspecified atom stereocenters. The summed E-state index contributed by atoms with van der Waals surface area (Å²) in [5, 5.41) is 14.1. The Kier molecular flexibility index (Phi) is 5.85. The molecule has 5 heterocycles. The van der Waals surface area contributed by atoms with Crippen LogP contribution in [0.25, 0.3) is 143 Å². The molecule has 15 aromatic rings. The molecular formula is C56H30N4O. The molecule has 5 aromatic heterocycles. The lowest BCUT2D eigenvalue weighted by molar-refractivity contribution is 0.669. The maximum atomic E-state index is 6.71. The lowest BCUT2D eigenvalue weighted by Gasteiger charge is -2.16. The number of benzene rings is 10. The standard InChI is InChI=1S/C56H30N4O/c1-2-11-34-30-35(25-22-31(34)10-1)32-20-23-33(24-21-32)52-56(58-54-40-16-6-4-13-37(40)36-12-3-5-15-39(36)53(54)57-52)60-44-19-9-18-43-48(44)49-45(60)27-29-46-50(49)51-47(61-46)28-26-41-38-14-7-8-17-42(38)59(43)55(41)51/h1-30H. The van der Waals surface area contributed by atoms with Crippen LogP contribution in [0.3, 0.4) is 0 Å². The molecule has 0 bridgehead atoms. The monoisotopic (exact) mass is 774 g/mol. The molecule has 0 atom stereocenters. The number of rotatable bonds is 3. The molecular weight excluding hydrogens is 745 g/mol. The Morgan fingerprint density at radius 3 is 1.79 bits per heavy atom. The molecule has 0 radical (unpaired) electrons. The second-order valence-corrected chi connectivity index (χ2v) is 16.5. The Hall–Kier alpha value is -8.28. The lowest BCUT2D eigenvalue weighted by Crippen LogP contribution is -2.04. The molecule has 10 aromatic carbocycles. The van der Waals surface area contributed by atoms with Gasteiger partial charge in [-0.05, 0) is 81.2 Å². The molecule has 0 aliphatic carbocycles. The molecule has 5 heteroatoms. The van der Waals surface area contributed by atoms with Crippen molar-refractivity contribution in [2.24, 2.45) is 0 Å². The number of fused-ring (bicyclic) bond motifs is 11. The summed E-state index contributed by atoms with van der Waals surface area (Å²) in [6, 6.07) is 65.5. The Bertz CT molecular complexity index is 4340. The fourth-order valence-electron chi connectivity index (χ4n) is 10.8. The molecule has 5 nitrogen and oxygen atoms in total. The van der Waals surface area contributed by atoms with E-state index in [0.29, 0.717) is 0 Å². The van der Waals surface area contributed by atoms with Crippen molar-refractivity contribution < 1.29 is 4.42 Å². The van der Waals surface area contributed by atoms with E-state index in [1.807, 2.05) is 0 Å². The summed E-state index contributed by atoms with van der Waals surface area (Å²) >= 11 is 0. The van der Waals surface area contributed by atoms with Crippen LogP contribution in [0.5, 0.6) is 0 Å². The fraction of sp³-hybridized carbons (Fsp3) is 0. The van der Waals surface area contributed by atoms with Gasteiger partial charge in [0.15, 0.2) is 5.82 Å². The molecule has 0 spiro atoms. The van der Waals surface area contributed by atoms with E-state index in [1.54, 1.807) is 0 Å². The number of furan rings is 1. The summed E-state index contributed by atoms with van der Waals surface area (Å²) < 4.78 is 11.5. The largest absolute Gasteiger partial charge is 0.456 e. The van der Waals surface area contributed by atoms with Crippen LogP contribution in [-0.2, 0) is 0 Å². The van der Waals surface area contributed by atoms with Gasteiger partial charge in [-0.15, -0.1) is 0 Å². The van der Waals surface area contributed by atoms with Gasteiger partial charge in [0.25, 0.3) is 0 Å². The van der Waals surface area contributed by atoms with Crippen LogP contribution in [0.15, 0.2) is 186 Å². The summed E-state index contributed by atoms with van der Waals surface area (Å²) in [6.45, 7) is 0. The zero-order valence-corrected chi connectivity index (χ0v) is 32.5. The number of para-hydroxylation sites is 1. The van der Waals surface area contributed by atoms with Crippen LogP contribution in [0, 0.1) is 0 Å². The Morgan fingerprint density at radius 2 is 0.967 bits per heavy atom. The van der Waals surface area contributed by atoms with Gasteiger partial charge in [-0.1, -0.05) is 133 Å².